The van der Waals surface area contributed by atoms with Gasteiger partial charge in [0.2, 0.25) is 5.91 Å². The molecule has 148 valence electrons. The van der Waals surface area contributed by atoms with Gasteiger partial charge in [0.25, 0.3) is 0 Å². The highest BCUT2D eigenvalue weighted by Gasteiger charge is 2.28. The van der Waals surface area contributed by atoms with E-state index in [2.05, 4.69) is 20.9 Å². The molecule has 0 saturated carbocycles. The minimum atomic E-state index is -0.0993. The Morgan fingerprint density at radius 2 is 2.32 bits per heavy atom. The van der Waals surface area contributed by atoms with Crippen LogP contribution in [0, 0.1) is 18.3 Å². The van der Waals surface area contributed by atoms with Crippen LogP contribution < -0.4 is 5.32 Å². The molecule has 1 atom stereocenters. The molecule has 2 aromatic heterocycles. The zero-order chi connectivity index (χ0) is 19.5. The first-order valence-corrected chi connectivity index (χ1v) is 11.6. The maximum Gasteiger partial charge on any atom is 0.235 e. The summed E-state index contributed by atoms with van der Waals surface area (Å²) in [5.74, 6) is 0.844. The summed E-state index contributed by atoms with van der Waals surface area (Å²) in [6.07, 6.45) is 6.35. The van der Waals surface area contributed by atoms with E-state index in [-0.39, 0.29) is 17.8 Å². The maximum atomic E-state index is 12.7. The van der Waals surface area contributed by atoms with Crippen molar-refractivity contribution in [3.05, 3.63) is 27.9 Å². The number of thioether (sulfide) groups is 1. The number of hydrogen-bond acceptors (Lipinski definition) is 6. The second kappa shape index (κ2) is 8.68. The lowest BCUT2D eigenvalue weighted by Crippen LogP contribution is -2.22. The minimum absolute atomic E-state index is 0.0993. The number of ether oxygens (including phenoxy) is 1. The van der Waals surface area contributed by atoms with Crippen LogP contribution >= 0.6 is 23.1 Å². The summed E-state index contributed by atoms with van der Waals surface area (Å²) >= 11 is 2.98. The molecule has 1 amide bonds. The summed E-state index contributed by atoms with van der Waals surface area (Å²) in [5, 5.41) is 14.8. The minimum Gasteiger partial charge on any atom is -0.376 e. The monoisotopic (exact) mass is 416 g/mol. The van der Waals surface area contributed by atoms with Crippen molar-refractivity contribution in [3.63, 3.8) is 0 Å². The van der Waals surface area contributed by atoms with Gasteiger partial charge in [0, 0.05) is 23.4 Å². The zero-order valence-corrected chi connectivity index (χ0v) is 17.6. The zero-order valence-electron chi connectivity index (χ0n) is 16.0. The number of carbonyl (C=O) groups excluding carboxylic acids is 1. The highest BCUT2D eigenvalue weighted by Crippen LogP contribution is 2.34. The van der Waals surface area contributed by atoms with Crippen molar-refractivity contribution in [2.24, 2.45) is 0 Å². The molecule has 6 nitrogen and oxygen atoms in total. The SMILES string of the molecule is Cc1csc(SCC(=O)Nc2c(C#N)c3c(n2C[C@H]2CCCO2)CCCC3)n1. The third kappa shape index (κ3) is 4.12. The number of amides is 1. The van der Waals surface area contributed by atoms with E-state index in [1.807, 2.05) is 12.3 Å². The average molecular weight is 417 g/mol. The van der Waals surface area contributed by atoms with Crippen molar-refractivity contribution in [1.82, 2.24) is 9.55 Å². The van der Waals surface area contributed by atoms with Gasteiger partial charge < -0.3 is 14.6 Å². The summed E-state index contributed by atoms with van der Waals surface area (Å²) in [5.41, 5.74) is 3.93. The van der Waals surface area contributed by atoms with Gasteiger partial charge in [0.15, 0.2) is 4.34 Å². The van der Waals surface area contributed by atoms with Crippen LogP contribution in [-0.4, -0.2) is 33.9 Å². The highest BCUT2D eigenvalue weighted by atomic mass is 32.2. The number of carbonyl (C=O) groups is 1. The fourth-order valence-electron chi connectivity index (χ4n) is 4.01. The van der Waals surface area contributed by atoms with E-state index in [1.165, 1.54) is 17.5 Å². The van der Waals surface area contributed by atoms with Crippen molar-refractivity contribution in [2.45, 2.75) is 62.4 Å². The van der Waals surface area contributed by atoms with Crippen molar-refractivity contribution >= 4 is 34.8 Å². The Kier molecular flexibility index (Phi) is 6.04. The molecule has 1 aliphatic carbocycles. The fourth-order valence-corrected chi connectivity index (χ4v) is 5.66. The van der Waals surface area contributed by atoms with Crippen LogP contribution in [0.5, 0.6) is 0 Å². The first-order chi connectivity index (χ1) is 13.7. The Labute approximate surface area is 173 Å². The molecule has 0 radical (unpaired) electrons. The number of hydrogen-bond donors (Lipinski definition) is 1. The first-order valence-electron chi connectivity index (χ1n) is 9.76. The normalized spacial score (nSPS) is 18.6. The second-order valence-corrected chi connectivity index (χ2v) is 9.39. The Bertz CT molecular complexity index is 906. The van der Waals surface area contributed by atoms with Gasteiger partial charge in [-0.1, -0.05) is 11.8 Å². The van der Waals surface area contributed by atoms with E-state index in [9.17, 15) is 10.1 Å². The highest BCUT2D eigenvalue weighted by molar-refractivity contribution is 8.01. The van der Waals surface area contributed by atoms with Crippen LogP contribution in [0.3, 0.4) is 0 Å². The molecule has 0 unspecified atom stereocenters. The van der Waals surface area contributed by atoms with E-state index in [4.69, 9.17) is 4.74 Å². The van der Waals surface area contributed by atoms with Gasteiger partial charge in [-0.2, -0.15) is 5.26 Å². The van der Waals surface area contributed by atoms with Gasteiger partial charge in [-0.25, -0.2) is 4.98 Å². The number of nitrogens with one attached hydrogen (secondary N) is 1. The number of aromatic nitrogens is 2. The van der Waals surface area contributed by atoms with Crippen molar-refractivity contribution in [1.29, 1.82) is 5.26 Å². The number of aryl methyl sites for hydroxylation is 1. The molecule has 1 saturated heterocycles. The number of anilines is 1. The van der Waals surface area contributed by atoms with Gasteiger partial charge in [-0.15, -0.1) is 11.3 Å². The number of nitriles is 1. The van der Waals surface area contributed by atoms with Crippen LogP contribution in [0.25, 0.3) is 0 Å². The lowest BCUT2D eigenvalue weighted by molar-refractivity contribution is -0.113. The van der Waals surface area contributed by atoms with E-state index in [0.29, 0.717) is 17.9 Å². The smallest absolute Gasteiger partial charge is 0.235 e. The Hall–Kier alpha value is -1.82. The van der Waals surface area contributed by atoms with E-state index in [1.54, 1.807) is 11.3 Å². The molecule has 28 heavy (non-hydrogen) atoms. The Balaban J connectivity index is 1.56. The van der Waals surface area contributed by atoms with Crippen LogP contribution in [-0.2, 0) is 28.9 Å². The molecular formula is C20H24N4O2S2. The summed E-state index contributed by atoms with van der Waals surface area (Å²) in [6, 6.07) is 2.36. The molecule has 1 aliphatic heterocycles. The topological polar surface area (TPSA) is 79.9 Å². The lowest BCUT2D eigenvalue weighted by atomic mass is 9.95. The summed E-state index contributed by atoms with van der Waals surface area (Å²) in [7, 11) is 0. The van der Waals surface area contributed by atoms with Gasteiger partial charge in [0.05, 0.1) is 24.0 Å². The first kappa shape index (κ1) is 19.5. The third-order valence-electron chi connectivity index (χ3n) is 5.28. The average Bonchev–Trinajstić information content (AvgIpc) is 3.41. The predicted octanol–water partition coefficient (Wildman–Crippen LogP) is 3.91. The molecular weight excluding hydrogens is 392 g/mol. The molecule has 0 spiro atoms. The molecule has 3 heterocycles. The third-order valence-corrected chi connectivity index (χ3v) is 7.42. The maximum absolute atomic E-state index is 12.7. The van der Waals surface area contributed by atoms with Crippen LogP contribution in [0.2, 0.25) is 0 Å². The Morgan fingerprint density at radius 3 is 3.04 bits per heavy atom. The van der Waals surface area contributed by atoms with Gasteiger partial charge in [-0.3, -0.25) is 4.79 Å². The fraction of sp³-hybridized carbons (Fsp3) is 0.550. The molecule has 1 N–H and O–H groups in total. The second-order valence-electron chi connectivity index (χ2n) is 7.31. The predicted molar refractivity (Wildman–Crippen MR) is 111 cm³/mol. The van der Waals surface area contributed by atoms with Crippen molar-refractivity contribution in [2.75, 3.05) is 17.7 Å². The number of nitrogens with zero attached hydrogens (tertiary/aromatic N) is 3. The summed E-state index contributed by atoms with van der Waals surface area (Å²) in [6.45, 7) is 3.45. The van der Waals surface area contributed by atoms with Crippen LogP contribution in [0.1, 0.15) is 48.2 Å². The van der Waals surface area contributed by atoms with E-state index < -0.39 is 0 Å². The van der Waals surface area contributed by atoms with Crippen LogP contribution in [0.4, 0.5) is 5.82 Å². The number of rotatable bonds is 6. The molecule has 8 heteroatoms. The standard InChI is InChI=1S/C20H24N4O2S2/c1-13-11-27-20(22-13)28-12-18(25)23-19-16(9-21)15-6-2-3-7-17(15)24(19)10-14-5-4-8-26-14/h11,14H,2-8,10,12H2,1H3,(H,23,25)/t14-/m1/s1. The van der Waals surface area contributed by atoms with Crippen LogP contribution in [0.15, 0.2) is 9.72 Å². The largest absolute Gasteiger partial charge is 0.376 e. The summed E-state index contributed by atoms with van der Waals surface area (Å²) in [4.78, 5) is 17.0. The van der Waals surface area contributed by atoms with E-state index in [0.717, 1.165) is 60.7 Å². The molecule has 1 fully saturated rings. The van der Waals surface area contributed by atoms with E-state index >= 15 is 0 Å². The number of fused-ring (bicyclic) bond motifs is 1. The van der Waals surface area contributed by atoms with Crippen molar-refractivity contribution < 1.29 is 9.53 Å². The molecule has 0 bridgehead atoms. The quantitative estimate of drug-likeness (QED) is 0.722. The Morgan fingerprint density at radius 1 is 1.46 bits per heavy atom. The van der Waals surface area contributed by atoms with Crippen molar-refractivity contribution in [3.8, 4) is 6.07 Å². The van der Waals surface area contributed by atoms with Gasteiger partial charge in [0.1, 0.15) is 11.9 Å². The lowest BCUT2D eigenvalue weighted by Gasteiger charge is -2.19. The number of thiazole rings is 1. The van der Waals surface area contributed by atoms with Gasteiger partial charge in [-0.05, 0) is 51.0 Å². The summed E-state index contributed by atoms with van der Waals surface area (Å²) < 4.78 is 8.87. The molecule has 4 rings (SSSR count). The molecule has 2 aliphatic rings. The molecule has 0 aromatic carbocycles. The van der Waals surface area contributed by atoms with Gasteiger partial charge >= 0.3 is 0 Å². The molecule has 2 aromatic rings.